The largest absolute Gasteiger partial charge is 0.397 e. The number of hydrogen-bond donors (Lipinski definition) is 2. The monoisotopic (exact) mass is 285 g/mol. The third kappa shape index (κ3) is 2.98. The van der Waals surface area contributed by atoms with Crippen LogP contribution in [0.5, 0.6) is 0 Å². The molecule has 1 aromatic rings. The lowest BCUT2D eigenvalue weighted by molar-refractivity contribution is -0.135. The number of nitrogens with two attached hydrogens (primary N) is 1. The summed E-state index contributed by atoms with van der Waals surface area (Å²) in [6.45, 7) is 3.53. The number of nitrogen functional groups attached to an aromatic ring is 1. The topological polar surface area (TPSA) is 67.6 Å². The van der Waals surface area contributed by atoms with Gasteiger partial charge in [-0.05, 0) is 19.1 Å². The second kappa shape index (κ2) is 6.04. The van der Waals surface area contributed by atoms with Crippen molar-refractivity contribution in [3.63, 3.8) is 0 Å². The number of nitrogens with zero attached hydrogens (tertiary/aromatic N) is 1. The van der Waals surface area contributed by atoms with Crippen LogP contribution in [0.15, 0.2) is 12.1 Å². The summed E-state index contributed by atoms with van der Waals surface area (Å²) in [6.07, 6.45) is 0. The van der Waals surface area contributed by atoms with Gasteiger partial charge in [-0.25, -0.2) is 8.78 Å². The average molecular weight is 285 g/mol. The van der Waals surface area contributed by atoms with E-state index in [-0.39, 0.29) is 17.3 Å². The van der Waals surface area contributed by atoms with Crippen molar-refractivity contribution in [2.45, 2.75) is 13.0 Å². The van der Waals surface area contributed by atoms with Crippen LogP contribution in [0, 0.1) is 11.6 Å². The molecule has 1 unspecified atom stereocenters. The summed E-state index contributed by atoms with van der Waals surface area (Å²) in [5, 5.41) is 2.64. The first kappa shape index (κ1) is 14.5. The van der Waals surface area contributed by atoms with Crippen molar-refractivity contribution < 1.29 is 18.3 Å². The maximum Gasteiger partial charge on any atom is 0.244 e. The van der Waals surface area contributed by atoms with Gasteiger partial charge in [-0.15, -0.1) is 0 Å². The number of halogens is 2. The van der Waals surface area contributed by atoms with Crippen LogP contribution in [0.25, 0.3) is 0 Å². The zero-order valence-electron chi connectivity index (χ0n) is 11.2. The van der Waals surface area contributed by atoms with Crippen molar-refractivity contribution in [3.8, 4) is 0 Å². The number of ether oxygens (including phenoxy) is 1. The first-order valence-electron chi connectivity index (χ1n) is 6.37. The van der Waals surface area contributed by atoms with Gasteiger partial charge in [0.25, 0.3) is 0 Å². The Labute approximate surface area is 115 Å². The van der Waals surface area contributed by atoms with Gasteiger partial charge in [0.1, 0.15) is 6.04 Å². The summed E-state index contributed by atoms with van der Waals surface area (Å²) in [5.74, 6) is -2.28. The number of hydrogen-bond acceptors (Lipinski definition) is 4. The summed E-state index contributed by atoms with van der Waals surface area (Å²) in [4.78, 5) is 13.8. The zero-order chi connectivity index (χ0) is 14.7. The maximum absolute atomic E-state index is 13.7. The Morgan fingerprint density at radius 3 is 2.70 bits per heavy atom. The minimum atomic E-state index is -1.08. The fourth-order valence-corrected chi connectivity index (χ4v) is 2.05. The lowest BCUT2D eigenvalue weighted by Crippen LogP contribution is -2.47. The highest BCUT2D eigenvalue weighted by Crippen LogP contribution is 2.25. The molecule has 1 aliphatic heterocycles. The van der Waals surface area contributed by atoms with Gasteiger partial charge in [0.2, 0.25) is 5.91 Å². The SMILES string of the molecule is CC(Nc1c(N)ccc(F)c1F)C(=O)N1CCOCC1. The Bertz CT molecular complexity index is 505. The molecule has 110 valence electrons. The third-order valence-electron chi connectivity index (χ3n) is 3.18. The molecule has 5 nitrogen and oxygen atoms in total. The van der Waals surface area contributed by atoms with Gasteiger partial charge in [-0.1, -0.05) is 0 Å². The third-order valence-corrected chi connectivity index (χ3v) is 3.18. The second-order valence-corrected chi connectivity index (χ2v) is 4.63. The van der Waals surface area contributed by atoms with Gasteiger partial charge in [-0.3, -0.25) is 4.79 Å². The van der Waals surface area contributed by atoms with Crippen molar-refractivity contribution in [1.29, 1.82) is 0 Å². The molecule has 1 atom stereocenters. The van der Waals surface area contributed by atoms with E-state index in [0.29, 0.717) is 26.3 Å². The normalized spacial score (nSPS) is 16.9. The van der Waals surface area contributed by atoms with E-state index in [1.54, 1.807) is 11.8 Å². The minimum Gasteiger partial charge on any atom is -0.397 e. The van der Waals surface area contributed by atoms with Crippen LogP contribution in [0.4, 0.5) is 20.2 Å². The Kier molecular flexibility index (Phi) is 4.39. The Hall–Kier alpha value is -1.89. The number of carbonyl (C=O) groups is 1. The molecule has 1 amide bonds. The average Bonchev–Trinajstić information content (AvgIpc) is 2.47. The van der Waals surface area contributed by atoms with E-state index in [0.717, 1.165) is 6.07 Å². The highest BCUT2D eigenvalue weighted by atomic mass is 19.2. The molecule has 0 radical (unpaired) electrons. The van der Waals surface area contributed by atoms with E-state index in [2.05, 4.69) is 5.32 Å². The van der Waals surface area contributed by atoms with Crippen LogP contribution in [0.2, 0.25) is 0 Å². The Morgan fingerprint density at radius 1 is 1.40 bits per heavy atom. The number of anilines is 2. The van der Waals surface area contributed by atoms with Crippen molar-refractivity contribution >= 4 is 17.3 Å². The summed E-state index contributed by atoms with van der Waals surface area (Å²) >= 11 is 0. The maximum atomic E-state index is 13.7. The highest BCUT2D eigenvalue weighted by molar-refractivity contribution is 5.85. The van der Waals surface area contributed by atoms with Crippen LogP contribution >= 0.6 is 0 Å². The van der Waals surface area contributed by atoms with Gasteiger partial charge in [-0.2, -0.15) is 0 Å². The summed E-state index contributed by atoms with van der Waals surface area (Å²) < 4.78 is 32.0. The zero-order valence-corrected chi connectivity index (χ0v) is 11.2. The molecule has 0 bridgehead atoms. The molecule has 1 heterocycles. The van der Waals surface area contributed by atoms with E-state index >= 15 is 0 Å². The van der Waals surface area contributed by atoms with Gasteiger partial charge in [0.15, 0.2) is 11.6 Å². The number of rotatable bonds is 3. The predicted molar refractivity (Wildman–Crippen MR) is 71.3 cm³/mol. The van der Waals surface area contributed by atoms with Gasteiger partial charge >= 0.3 is 0 Å². The minimum absolute atomic E-state index is 0.0607. The Balaban J connectivity index is 2.09. The summed E-state index contributed by atoms with van der Waals surface area (Å²) in [7, 11) is 0. The van der Waals surface area contributed by atoms with Crippen molar-refractivity contribution in [3.05, 3.63) is 23.8 Å². The molecule has 1 aromatic carbocycles. The fraction of sp³-hybridized carbons (Fsp3) is 0.462. The molecule has 0 spiro atoms. The van der Waals surface area contributed by atoms with Gasteiger partial charge < -0.3 is 20.7 Å². The number of morpholine rings is 1. The van der Waals surface area contributed by atoms with Crippen LogP contribution in [0.3, 0.4) is 0 Å². The van der Waals surface area contributed by atoms with Crippen LogP contribution in [-0.2, 0) is 9.53 Å². The molecule has 1 fully saturated rings. The molecule has 20 heavy (non-hydrogen) atoms. The molecule has 3 N–H and O–H groups in total. The molecule has 0 aromatic heterocycles. The second-order valence-electron chi connectivity index (χ2n) is 4.63. The van der Waals surface area contributed by atoms with E-state index in [1.807, 2.05) is 0 Å². The number of amides is 1. The molecule has 0 saturated carbocycles. The molecular weight excluding hydrogens is 268 g/mol. The van der Waals surface area contributed by atoms with Crippen molar-refractivity contribution in [1.82, 2.24) is 4.90 Å². The summed E-state index contributed by atoms with van der Waals surface area (Å²) in [6, 6.07) is 1.50. The number of carbonyl (C=O) groups excluding carboxylic acids is 1. The van der Waals surface area contributed by atoms with Crippen molar-refractivity contribution in [2.24, 2.45) is 0 Å². The first-order valence-corrected chi connectivity index (χ1v) is 6.37. The smallest absolute Gasteiger partial charge is 0.244 e. The van der Waals surface area contributed by atoms with Gasteiger partial charge in [0, 0.05) is 13.1 Å². The lowest BCUT2D eigenvalue weighted by Gasteiger charge is -2.30. The molecular formula is C13H17F2N3O2. The van der Waals surface area contributed by atoms with Crippen LogP contribution in [0.1, 0.15) is 6.92 Å². The standard InChI is InChI=1S/C13H17F2N3O2/c1-8(13(19)18-4-6-20-7-5-18)17-12-10(16)3-2-9(14)11(12)15/h2-3,8,17H,4-7,16H2,1H3. The van der Waals surface area contributed by atoms with Crippen molar-refractivity contribution in [2.75, 3.05) is 37.4 Å². The first-order chi connectivity index (χ1) is 9.50. The number of benzene rings is 1. The predicted octanol–water partition coefficient (Wildman–Crippen LogP) is 1.21. The van der Waals surface area contributed by atoms with E-state index in [9.17, 15) is 13.6 Å². The number of nitrogens with one attached hydrogen (secondary N) is 1. The molecule has 7 heteroatoms. The summed E-state index contributed by atoms with van der Waals surface area (Å²) in [5.41, 5.74) is 5.48. The molecule has 0 aliphatic carbocycles. The molecule has 1 saturated heterocycles. The van der Waals surface area contributed by atoms with E-state index < -0.39 is 17.7 Å². The lowest BCUT2D eigenvalue weighted by atomic mass is 10.2. The van der Waals surface area contributed by atoms with E-state index in [4.69, 9.17) is 10.5 Å². The van der Waals surface area contributed by atoms with Crippen LogP contribution in [-0.4, -0.2) is 43.2 Å². The highest BCUT2D eigenvalue weighted by Gasteiger charge is 2.24. The van der Waals surface area contributed by atoms with E-state index in [1.165, 1.54) is 6.07 Å². The Morgan fingerprint density at radius 2 is 2.05 bits per heavy atom. The van der Waals surface area contributed by atoms with Gasteiger partial charge in [0.05, 0.1) is 24.6 Å². The van der Waals surface area contributed by atoms with Crippen LogP contribution < -0.4 is 11.1 Å². The fourth-order valence-electron chi connectivity index (χ4n) is 2.05. The molecule has 1 aliphatic rings. The molecule has 2 rings (SSSR count). The quantitative estimate of drug-likeness (QED) is 0.819.